The van der Waals surface area contributed by atoms with Crippen LogP contribution in [0.25, 0.3) is 0 Å². The molecule has 1 heterocycles. The standard InChI is InChI=1S/C9H14ClN3/c1-9(2,6-10)13(3)8-4-5-11-7-12-8/h4-5,7H,6H2,1-3H3. The van der Waals surface area contributed by atoms with E-state index in [-0.39, 0.29) is 5.54 Å². The van der Waals surface area contributed by atoms with Gasteiger partial charge in [-0.05, 0) is 19.9 Å². The summed E-state index contributed by atoms with van der Waals surface area (Å²) in [5.41, 5.74) is -0.0874. The third kappa shape index (κ3) is 2.31. The van der Waals surface area contributed by atoms with Crippen molar-refractivity contribution < 1.29 is 0 Å². The third-order valence-electron chi connectivity index (χ3n) is 2.15. The van der Waals surface area contributed by atoms with Gasteiger partial charge < -0.3 is 4.90 Å². The molecule has 72 valence electrons. The number of alkyl halides is 1. The van der Waals surface area contributed by atoms with Crippen molar-refractivity contribution in [1.82, 2.24) is 9.97 Å². The molecule has 1 rings (SSSR count). The number of hydrogen-bond acceptors (Lipinski definition) is 3. The van der Waals surface area contributed by atoms with Crippen LogP contribution in [0.15, 0.2) is 18.6 Å². The van der Waals surface area contributed by atoms with Gasteiger partial charge in [0.15, 0.2) is 0 Å². The van der Waals surface area contributed by atoms with Gasteiger partial charge in [-0.2, -0.15) is 0 Å². The fraction of sp³-hybridized carbons (Fsp3) is 0.556. The lowest BCUT2D eigenvalue weighted by atomic mass is 10.1. The van der Waals surface area contributed by atoms with Gasteiger partial charge in [0, 0.05) is 24.7 Å². The zero-order valence-corrected chi connectivity index (χ0v) is 8.91. The molecule has 4 heteroatoms. The van der Waals surface area contributed by atoms with Crippen molar-refractivity contribution in [2.75, 3.05) is 17.8 Å². The zero-order valence-electron chi connectivity index (χ0n) is 8.16. The summed E-state index contributed by atoms with van der Waals surface area (Å²) in [4.78, 5) is 10.1. The number of nitrogens with zero attached hydrogens (tertiary/aromatic N) is 3. The van der Waals surface area contributed by atoms with Gasteiger partial charge in [0.05, 0.1) is 0 Å². The van der Waals surface area contributed by atoms with Gasteiger partial charge in [0.1, 0.15) is 12.1 Å². The Morgan fingerprint density at radius 1 is 1.54 bits per heavy atom. The minimum absolute atomic E-state index is 0.0874. The molecule has 0 N–H and O–H groups in total. The van der Waals surface area contributed by atoms with E-state index in [9.17, 15) is 0 Å². The molecule has 0 fully saturated rings. The predicted molar refractivity (Wildman–Crippen MR) is 55.2 cm³/mol. The lowest BCUT2D eigenvalue weighted by Crippen LogP contribution is -2.43. The highest BCUT2D eigenvalue weighted by Gasteiger charge is 2.23. The van der Waals surface area contributed by atoms with Crippen LogP contribution in [0.1, 0.15) is 13.8 Å². The Hall–Kier alpha value is -0.830. The van der Waals surface area contributed by atoms with Crippen LogP contribution in [-0.2, 0) is 0 Å². The third-order valence-corrected chi connectivity index (χ3v) is 2.80. The normalized spacial score (nSPS) is 11.4. The Balaban J connectivity index is 2.85. The molecule has 0 amide bonds. The molecule has 1 aromatic rings. The van der Waals surface area contributed by atoms with Gasteiger partial charge in [-0.3, -0.25) is 0 Å². The van der Waals surface area contributed by atoms with Crippen molar-refractivity contribution in [2.45, 2.75) is 19.4 Å². The van der Waals surface area contributed by atoms with E-state index in [0.29, 0.717) is 5.88 Å². The molecule has 0 atom stereocenters. The fourth-order valence-electron chi connectivity index (χ4n) is 0.882. The van der Waals surface area contributed by atoms with Crippen LogP contribution in [0.5, 0.6) is 0 Å². The molecule has 0 aliphatic heterocycles. The van der Waals surface area contributed by atoms with E-state index in [0.717, 1.165) is 5.82 Å². The van der Waals surface area contributed by atoms with Crippen molar-refractivity contribution >= 4 is 17.4 Å². The average Bonchev–Trinajstić information content (AvgIpc) is 2.18. The van der Waals surface area contributed by atoms with E-state index < -0.39 is 0 Å². The molecule has 0 saturated heterocycles. The molecule has 3 nitrogen and oxygen atoms in total. The summed E-state index contributed by atoms with van der Waals surface area (Å²) < 4.78 is 0. The summed E-state index contributed by atoms with van der Waals surface area (Å²) >= 11 is 5.85. The molecule has 0 aromatic carbocycles. The first-order valence-electron chi connectivity index (χ1n) is 4.14. The second-order valence-electron chi connectivity index (χ2n) is 3.57. The van der Waals surface area contributed by atoms with E-state index in [2.05, 4.69) is 23.8 Å². The second-order valence-corrected chi connectivity index (χ2v) is 3.84. The summed E-state index contributed by atoms with van der Waals surface area (Å²) in [6.07, 6.45) is 3.26. The smallest absolute Gasteiger partial charge is 0.132 e. The molecule has 13 heavy (non-hydrogen) atoms. The Labute approximate surface area is 83.8 Å². The van der Waals surface area contributed by atoms with Crippen molar-refractivity contribution in [3.05, 3.63) is 18.6 Å². The first-order chi connectivity index (χ1) is 6.08. The monoisotopic (exact) mass is 199 g/mol. The van der Waals surface area contributed by atoms with Crippen molar-refractivity contribution in [2.24, 2.45) is 0 Å². The minimum atomic E-state index is -0.0874. The van der Waals surface area contributed by atoms with Crippen molar-refractivity contribution in [3.63, 3.8) is 0 Å². The number of rotatable bonds is 3. The van der Waals surface area contributed by atoms with Crippen LogP contribution in [0.2, 0.25) is 0 Å². The quantitative estimate of drug-likeness (QED) is 0.697. The Morgan fingerprint density at radius 2 is 2.23 bits per heavy atom. The Bertz CT molecular complexity index is 261. The van der Waals surface area contributed by atoms with Gasteiger partial charge in [0.2, 0.25) is 0 Å². The average molecular weight is 200 g/mol. The van der Waals surface area contributed by atoms with Gasteiger partial charge in [-0.15, -0.1) is 11.6 Å². The Kier molecular flexibility index (Phi) is 3.09. The maximum Gasteiger partial charge on any atom is 0.132 e. The van der Waals surface area contributed by atoms with E-state index in [1.807, 2.05) is 18.0 Å². The molecule has 0 aliphatic carbocycles. The molecule has 0 unspecified atom stereocenters. The van der Waals surface area contributed by atoms with E-state index in [4.69, 9.17) is 11.6 Å². The number of anilines is 1. The largest absolute Gasteiger partial charge is 0.353 e. The highest BCUT2D eigenvalue weighted by atomic mass is 35.5. The summed E-state index contributed by atoms with van der Waals surface area (Å²) in [6, 6.07) is 1.87. The molecule has 0 spiro atoms. The maximum absolute atomic E-state index is 5.85. The topological polar surface area (TPSA) is 29.0 Å². The molecule has 0 aliphatic rings. The first kappa shape index (κ1) is 10.3. The molecule has 0 bridgehead atoms. The van der Waals surface area contributed by atoms with Crippen LogP contribution in [-0.4, -0.2) is 28.4 Å². The number of aromatic nitrogens is 2. The summed E-state index contributed by atoms with van der Waals surface area (Å²) in [7, 11) is 1.98. The molecule has 1 aromatic heterocycles. The van der Waals surface area contributed by atoms with Crippen LogP contribution < -0.4 is 4.90 Å². The first-order valence-corrected chi connectivity index (χ1v) is 4.67. The minimum Gasteiger partial charge on any atom is -0.353 e. The van der Waals surface area contributed by atoms with Gasteiger partial charge in [-0.1, -0.05) is 0 Å². The Morgan fingerprint density at radius 3 is 2.69 bits per heavy atom. The molecule has 0 radical (unpaired) electrons. The SMILES string of the molecule is CN(c1ccncn1)C(C)(C)CCl. The maximum atomic E-state index is 5.85. The number of hydrogen-bond donors (Lipinski definition) is 0. The van der Waals surface area contributed by atoms with Crippen LogP contribution in [0, 0.1) is 0 Å². The lowest BCUT2D eigenvalue weighted by Gasteiger charge is -2.34. The number of halogens is 1. The van der Waals surface area contributed by atoms with Crippen LogP contribution >= 0.6 is 11.6 Å². The van der Waals surface area contributed by atoms with Crippen molar-refractivity contribution in [1.29, 1.82) is 0 Å². The highest BCUT2D eigenvalue weighted by Crippen LogP contribution is 2.19. The molecular formula is C9H14ClN3. The second kappa shape index (κ2) is 3.92. The van der Waals surface area contributed by atoms with Gasteiger partial charge >= 0.3 is 0 Å². The highest BCUT2D eigenvalue weighted by molar-refractivity contribution is 6.18. The van der Waals surface area contributed by atoms with Crippen molar-refractivity contribution in [3.8, 4) is 0 Å². The van der Waals surface area contributed by atoms with E-state index >= 15 is 0 Å². The summed E-state index contributed by atoms with van der Waals surface area (Å²) in [5.74, 6) is 1.45. The van der Waals surface area contributed by atoms with Gasteiger partial charge in [-0.25, -0.2) is 9.97 Å². The lowest BCUT2D eigenvalue weighted by molar-refractivity contribution is 0.540. The van der Waals surface area contributed by atoms with Crippen LogP contribution in [0.3, 0.4) is 0 Å². The fourth-order valence-corrected chi connectivity index (χ4v) is 1.06. The van der Waals surface area contributed by atoms with E-state index in [1.54, 1.807) is 6.20 Å². The van der Waals surface area contributed by atoms with Crippen LogP contribution in [0.4, 0.5) is 5.82 Å². The summed E-state index contributed by atoms with van der Waals surface area (Å²) in [6.45, 7) is 4.14. The molecular weight excluding hydrogens is 186 g/mol. The zero-order chi connectivity index (χ0) is 9.90. The molecule has 0 saturated carbocycles. The van der Waals surface area contributed by atoms with E-state index in [1.165, 1.54) is 6.33 Å². The van der Waals surface area contributed by atoms with Gasteiger partial charge in [0.25, 0.3) is 0 Å². The summed E-state index contributed by atoms with van der Waals surface area (Å²) in [5, 5.41) is 0. The predicted octanol–water partition coefficient (Wildman–Crippen LogP) is 1.93.